The van der Waals surface area contributed by atoms with Crippen LogP contribution in [0.25, 0.3) is 16.7 Å². The van der Waals surface area contributed by atoms with Gasteiger partial charge in [0.2, 0.25) is 0 Å². The molecule has 102 valence electrons. The van der Waals surface area contributed by atoms with Crippen molar-refractivity contribution in [3.05, 3.63) is 57.0 Å². The monoisotopic (exact) mass is 358 g/mol. The Balaban J connectivity index is 2.35. The minimum absolute atomic E-state index is 0.267. The predicted octanol–water partition coefficient (Wildman–Crippen LogP) is 4.87. The molecule has 7 heteroatoms. The summed E-state index contributed by atoms with van der Waals surface area (Å²) in [6, 6.07) is 6.20. The minimum atomic E-state index is -0.990. The number of nitrogens with one attached hydrogen (secondary N) is 1. The fourth-order valence-electron chi connectivity index (χ4n) is 1.98. The first-order chi connectivity index (χ1) is 9.47. The predicted molar refractivity (Wildman–Crippen MR) is 76.0 cm³/mol. The summed E-state index contributed by atoms with van der Waals surface area (Å²) in [7, 11) is 0. The van der Waals surface area contributed by atoms with E-state index in [-0.39, 0.29) is 4.77 Å². The zero-order valence-corrected chi connectivity index (χ0v) is 12.2. The van der Waals surface area contributed by atoms with E-state index in [1.807, 2.05) is 0 Å². The average molecular weight is 359 g/mol. The van der Waals surface area contributed by atoms with E-state index in [4.69, 9.17) is 12.2 Å². The molecule has 2 aromatic carbocycles. The number of rotatable bonds is 1. The molecule has 0 spiro atoms. The van der Waals surface area contributed by atoms with Gasteiger partial charge in [0.1, 0.15) is 5.82 Å². The summed E-state index contributed by atoms with van der Waals surface area (Å²) in [4.78, 5) is 2.89. The Morgan fingerprint density at radius 3 is 2.45 bits per heavy atom. The first-order valence-electron chi connectivity index (χ1n) is 5.52. The van der Waals surface area contributed by atoms with Crippen molar-refractivity contribution in [1.82, 2.24) is 9.55 Å². The zero-order chi connectivity index (χ0) is 14.4. The molecule has 0 aliphatic heterocycles. The van der Waals surface area contributed by atoms with Gasteiger partial charge in [-0.2, -0.15) is 0 Å². The number of aromatic nitrogens is 2. The summed E-state index contributed by atoms with van der Waals surface area (Å²) in [6.45, 7) is 0. The number of hydrogen-bond donors (Lipinski definition) is 1. The van der Waals surface area contributed by atoms with E-state index in [9.17, 15) is 13.2 Å². The van der Waals surface area contributed by atoms with Crippen molar-refractivity contribution in [2.75, 3.05) is 0 Å². The summed E-state index contributed by atoms with van der Waals surface area (Å²) >= 11 is 8.23. The van der Waals surface area contributed by atoms with Gasteiger partial charge in [-0.05, 0) is 46.3 Å². The summed E-state index contributed by atoms with van der Waals surface area (Å²) in [5.74, 6) is -2.41. The third kappa shape index (κ3) is 2.06. The van der Waals surface area contributed by atoms with Crippen molar-refractivity contribution in [1.29, 1.82) is 0 Å². The topological polar surface area (TPSA) is 20.7 Å². The molecule has 3 aromatic rings. The van der Waals surface area contributed by atoms with Crippen LogP contribution in [0, 0.1) is 22.2 Å². The average Bonchev–Trinajstić information content (AvgIpc) is 2.69. The van der Waals surface area contributed by atoms with Crippen LogP contribution in [0.4, 0.5) is 13.2 Å². The van der Waals surface area contributed by atoms with Gasteiger partial charge < -0.3 is 4.98 Å². The number of aromatic amines is 1. The van der Waals surface area contributed by atoms with E-state index in [2.05, 4.69) is 20.9 Å². The Bertz CT molecular complexity index is 885. The first-order valence-corrected chi connectivity index (χ1v) is 6.72. The van der Waals surface area contributed by atoms with E-state index < -0.39 is 17.5 Å². The highest BCUT2D eigenvalue weighted by Crippen LogP contribution is 2.26. The lowest BCUT2D eigenvalue weighted by molar-refractivity contribution is 0.508. The number of fused-ring (bicyclic) bond motifs is 1. The molecular weight excluding hydrogens is 353 g/mol. The van der Waals surface area contributed by atoms with Crippen LogP contribution in [0.3, 0.4) is 0 Å². The van der Waals surface area contributed by atoms with E-state index in [0.717, 1.165) is 12.1 Å². The van der Waals surface area contributed by atoms with Gasteiger partial charge in [0, 0.05) is 12.1 Å². The lowest BCUT2D eigenvalue weighted by Gasteiger charge is -2.05. The third-order valence-corrected chi connectivity index (χ3v) is 3.78. The SMILES string of the molecule is Fc1ccc(-n2c(=S)[nH]c3cc(Br)c(F)cc32)cc1F. The molecule has 0 saturated carbocycles. The number of H-pyrrole nitrogens is 1. The van der Waals surface area contributed by atoms with Crippen molar-refractivity contribution >= 4 is 39.2 Å². The second-order valence-electron chi connectivity index (χ2n) is 4.15. The number of hydrogen-bond acceptors (Lipinski definition) is 1. The molecule has 0 aliphatic carbocycles. The van der Waals surface area contributed by atoms with Crippen molar-refractivity contribution in [3.63, 3.8) is 0 Å². The van der Waals surface area contributed by atoms with Gasteiger partial charge in [-0.25, -0.2) is 13.2 Å². The third-order valence-electron chi connectivity index (χ3n) is 2.89. The van der Waals surface area contributed by atoms with Crippen LogP contribution in [0.2, 0.25) is 0 Å². The van der Waals surface area contributed by atoms with E-state index in [0.29, 0.717) is 21.2 Å². The molecule has 20 heavy (non-hydrogen) atoms. The molecule has 0 fully saturated rings. The lowest BCUT2D eigenvalue weighted by Crippen LogP contribution is -1.96. The van der Waals surface area contributed by atoms with E-state index >= 15 is 0 Å². The zero-order valence-electron chi connectivity index (χ0n) is 9.75. The standard InChI is InChI=1S/C13H6BrF3N2S/c14-7-4-11-12(5-9(7)16)19(13(20)18-11)6-1-2-8(15)10(17)3-6/h1-5H,(H,18,20). The summed E-state index contributed by atoms with van der Waals surface area (Å²) in [5, 5.41) is 0. The highest BCUT2D eigenvalue weighted by Gasteiger charge is 2.12. The fraction of sp³-hybridized carbons (Fsp3) is 0. The molecule has 3 rings (SSSR count). The maximum absolute atomic E-state index is 13.7. The van der Waals surface area contributed by atoms with Crippen molar-refractivity contribution in [2.24, 2.45) is 0 Å². The molecule has 1 N–H and O–H groups in total. The van der Waals surface area contributed by atoms with Crippen LogP contribution >= 0.6 is 28.1 Å². The Kier molecular flexibility index (Phi) is 3.18. The number of benzene rings is 2. The molecule has 1 aromatic heterocycles. The van der Waals surface area contributed by atoms with Gasteiger partial charge >= 0.3 is 0 Å². The molecule has 0 bridgehead atoms. The molecule has 0 radical (unpaired) electrons. The molecule has 0 aliphatic rings. The largest absolute Gasteiger partial charge is 0.330 e. The maximum atomic E-state index is 13.7. The summed E-state index contributed by atoms with van der Waals surface area (Å²) < 4.78 is 42.0. The lowest BCUT2D eigenvalue weighted by atomic mass is 10.2. The van der Waals surface area contributed by atoms with Crippen LogP contribution in [-0.2, 0) is 0 Å². The maximum Gasteiger partial charge on any atom is 0.182 e. The van der Waals surface area contributed by atoms with Crippen LogP contribution in [0.15, 0.2) is 34.8 Å². The Labute approximate surface area is 125 Å². The second-order valence-corrected chi connectivity index (χ2v) is 5.39. The molecule has 0 saturated heterocycles. The summed E-state index contributed by atoms with van der Waals surface area (Å²) in [5.41, 5.74) is 1.36. The Hall–Kier alpha value is -1.60. The van der Waals surface area contributed by atoms with E-state index in [1.54, 1.807) is 0 Å². The van der Waals surface area contributed by atoms with Gasteiger partial charge in [-0.3, -0.25) is 4.57 Å². The molecule has 0 atom stereocenters. The summed E-state index contributed by atoms with van der Waals surface area (Å²) in [6.07, 6.45) is 0. The van der Waals surface area contributed by atoms with Gasteiger partial charge in [0.15, 0.2) is 16.4 Å². The smallest absolute Gasteiger partial charge is 0.182 e. The molecule has 0 unspecified atom stereocenters. The molecular formula is C13H6BrF3N2S. The van der Waals surface area contributed by atoms with E-state index in [1.165, 1.54) is 22.8 Å². The fourth-order valence-corrected chi connectivity index (χ4v) is 2.64. The number of imidazole rings is 1. The van der Waals surface area contributed by atoms with Crippen molar-refractivity contribution < 1.29 is 13.2 Å². The van der Waals surface area contributed by atoms with Gasteiger partial charge in [0.05, 0.1) is 21.2 Å². The number of halogens is 4. The van der Waals surface area contributed by atoms with Crippen LogP contribution in [-0.4, -0.2) is 9.55 Å². The normalized spacial score (nSPS) is 11.2. The molecule has 0 amide bonds. The van der Waals surface area contributed by atoms with Crippen molar-refractivity contribution in [3.8, 4) is 5.69 Å². The van der Waals surface area contributed by atoms with Gasteiger partial charge in [-0.15, -0.1) is 0 Å². The molecule has 1 heterocycles. The van der Waals surface area contributed by atoms with Crippen LogP contribution < -0.4 is 0 Å². The first kappa shape index (κ1) is 13.4. The Morgan fingerprint density at radius 2 is 1.75 bits per heavy atom. The van der Waals surface area contributed by atoms with Gasteiger partial charge in [-0.1, -0.05) is 0 Å². The Morgan fingerprint density at radius 1 is 1.00 bits per heavy atom. The van der Waals surface area contributed by atoms with Crippen molar-refractivity contribution in [2.45, 2.75) is 0 Å². The second kappa shape index (κ2) is 4.75. The van der Waals surface area contributed by atoms with Crippen LogP contribution in [0.1, 0.15) is 0 Å². The highest BCUT2D eigenvalue weighted by atomic mass is 79.9. The molecule has 2 nitrogen and oxygen atoms in total. The quantitative estimate of drug-likeness (QED) is 0.615. The van der Waals surface area contributed by atoms with Gasteiger partial charge in [0.25, 0.3) is 0 Å². The number of nitrogens with zero attached hydrogens (tertiary/aromatic N) is 1. The minimum Gasteiger partial charge on any atom is -0.330 e. The highest BCUT2D eigenvalue weighted by molar-refractivity contribution is 9.10. The van der Waals surface area contributed by atoms with Crippen LogP contribution in [0.5, 0.6) is 0 Å².